The van der Waals surface area contributed by atoms with Crippen molar-refractivity contribution in [2.45, 2.75) is 39.3 Å². The molecule has 2 aliphatic rings. The fourth-order valence-corrected chi connectivity index (χ4v) is 4.50. The van der Waals surface area contributed by atoms with Crippen LogP contribution in [-0.4, -0.2) is 79.8 Å². The van der Waals surface area contributed by atoms with Crippen LogP contribution in [0, 0.1) is 25.7 Å². The molecule has 0 unspecified atom stereocenters. The SMILES string of the molecule is Cc1cccc(CN2C[C@H]3CN(Cc4csc(C)n4)C(=O)[C@H]3C2)n1.O=C(O)C(F)(F)F.O=C(O)C(F)(F)F. The molecule has 2 saturated heterocycles. The van der Waals surface area contributed by atoms with Gasteiger partial charge in [0.05, 0.1) is 28.9 Å². The number of alkyl halides is 6. The average Bonchev–Trinajstić information content (AvgIpc) is 3.44. The van der Waals surface area contributed by atoms with Crippen molar-refractivity contribution in [3.05, 3.63) is 45.7 Å². The van der Waals surface area contributed by atoms with Crippen LogP contribution >= 0.6 is 11.3 Å². The molecule has 2 fully saturated rings. The maximum atomic E-state index is 12.7. The number of carbonyl (C=O) groups excluding carboxylic acids is 1. The fourth-order valence-electron chi connectivity index (χ4n) is 3.90. The number of carboxylic acid groups (broad SMARTS) is 2. The Morgan fingerprint density at radius 1 is 0.947 bits per heavy atom. The van der Waals surface area contributed by atoms with Crippen LogP contribution in [0.1, 0.15) is 22.1 Å². The van der Waals surface area contributed by atoms with Gasteiger partial charge in [0.25, 0.3) is 0 Å². The number of hydrogen-bond acceptors (Lipinski definition) is 7. The first-order chi connectivity index (χ1) is 17.5. The summed E-state index contributed by atoms with van der Waals surface area (Å²) in [7, 11) is 0. The van der Waals surface area contributed by atoms with Crippen LogP contribution in [0.4, 0.5) is 26.3 Å². The molecule has 0 saturated carbocycles. The number of amides is 1. The number of carboxylic acids is 2. The zero-order chi connectivity index (χ0) is 28.8. The number of aromatic nitrogens is 2. The maximum absolute atomic E-state index is 12.7. The lowest BCUT2D eigenvalue weighted by Crippen LogP contribution is -2.32. The van der Waals surface area contributed by atoms with Gasteiger partial charge >= 0.3 is 24.3 Å². The quantitative estimate of drug-likeness (QED) is 0.536. The largest absolute Gasteiger partial charge is 0.490 e. The number of carbonyl (C=O) groups is 3. The number of hydrogen-bond donors (Lipinski definition) is 2. The molecular formula is C22H24F6N4O5S. The van der Waals surface area contributed by atoms with Crippen molar-refractivity contribution in [3.63, 3.8) is 0 Å². The third kappa shape index (κ3) is 9.24. The molecule has 0 bridgehead atoms. The molecule has 210 valence electrons. The number of thiazole rings is 1. The van der Waals surface area contributed by atoms with E-state index >= 15 is 0 Å². The van der Waals surface area contributed by atoms with Gasteiger partial charge in [-0.25, -0.2) is 14.6 Å². The summed E-state index contributed by atoms with van der Waals surface area (Å²) in [6.45, 7) is 8.22. The molecule has 2 aromatic rings. The van der Waals surface area contributed by atoms with Gasteiger partial charge in [-0.1, -0.05) is 6.07 Å². The average molecular weight is 571 g/mol. The minimum absolute atomic E-state index is 0.148. The lowest BCUT2D eigenvalue weighted by Gasteiger charge is -2.21. The molecule has 1 amide bonds. The standard InChI is InChI=1S/C18H22N4OS.2C2HF3O2/c1-12-4-3-5-15(19-12)8-21-6-14-7-22(18(23)17(14)10-21)9-16-11-24-13(2)20-16;2*3-2(4,5)1(6)7/h3-5,11,14,17H,6-10H2,1-2H3;2*(H,6,7)/t14-,17-;;/m0../s1. The second kappa shape index (κ2) is 12.5. The van der Waals surface area contributed by atoms with Gasteiger partial charge in [0.2, 0.25) is 5.91 Å². The van der Waals surface area contributed by atoms with Gasteiger partial charge in [0.1, 0.15) is 0 Å². The summed E-state index contributed by atoms with van der Waals surface area (Å²) in [5, 5.41) is 17.4. The number of halogens is 6. The Bertz CT molecular complexity index is 1120. The van der Waals surface area contributed by atoms with Gasteiger partial charge in [-0.2, -0.15) is 26.3 Å². The summed E-state index contributed by atoms with van der Waals surface area (Å²) in [6, 6.07) is 6.14. The van der Waals surface area contributed by atoms with Crippen molar-refractivity contribution in [2.24, 2.45) is 11.8 Å². The lowest BCUT2D eigenvalue weighted by molar-refractivity contribution is -0.193. The number of rotatable bonds is 4. The zero-order valence-corrected chi connectivity index (χ0v) is 20.9. The molecule has 4 heterocycles. The third-order valence-corrected chi connectivity index (χ3v) is 6.26. The normalized spacial score (nSPS) is 19.3. The van der Waals surface area contributed by atoms with Gasteiger partial charge in [-0.3, -0.25) is 14.7 Å². The Balaban J connectivity index is 0.000000301. The first-order valence-corrected chi connectivity index (χ1v) is 11.8. The molecule has 16 heteroatoms. The molecule has 9 nitrogen and oxygen atoms in total. The number of aryl methyl sites for hydroxylation is 2. The summed E-state index contributed by atoms with van der Waals surface area (Å²) in [6.07, 6.45) is -10.2. The molecular weight excluding hydrogens is 546 g/mol. The minimum Gasteiger partial charge on any atom is -0.475 e. The Morgan fingerprint density at radius 3 is 1.97 bits per heavy atom. The highest BCUT2D eigenvalue weighted by Gasteiger charge is 2.46. The minimum atomic E-state index is -5.08. The van der Waals surface area contributed by atoms with Gasteiger partial charge < -0.3 is 15.1 Å². The van der Waals surface area contributed by atoms with E-state index < -0.39 is 24.3 Å². The first-order valence-electron chi connectivity index (χ1n) is 10.9. The van der Waals surface area contributed by atoms with Crippen molar-refractivity contribution in [1.82, 2.24) is 19.8 Å². The molecule has 2 N–H and O–H groups in total. The van der Waals surface area contributed by atoms with E-state index in [-0.39, 0.29) is 5.92 Å². The summed E-state index contributed by atoms with van der Waals surface area (Å²) >= 11 is 1.65. The van der Waals surface area contributed by atoms with E-state index in [1.807, 2.05) is 24.8 Å². The molecule has 0 aromatic carbocycles. The van der Waals surface area contributed by atoms with Crippen LogP contribution in [0.25, 0.3) is 0 Å². The van der Waals surface area contributed by atoms with Crippen molar-refractivity contribution in [3.8, 4) is 0 Å². The summed E-state index contributed by atoms with van der Waals surface area (Å²) < 4.78 is 63.5. The van der Waals surface area contributed by atoms with Gasteiger partial charge in [0, 0.05) is 43.2 Å². The highest BCUT2D eigenvalue weighted by Crippen LogP contribution is 2.33. The van der Waals surface area contributed by atoms with Crippen molar-refractivity contribution in [2.75, 3.05) is 19.6 Å². The highest BCUT2D eigenvalue weighted by molar-refractivity contribution is 7.09. The summed E-state index contributed by atoms with van der Waals surface area (Å²) in [4.78, 5) is 43.9. The lowest BCUT2D eigenvalue weighted by atomic mass is 10.0. The van der Waals surface area contributed by atoms with Crippen molar-refractivity contribution < 1.29 is 50.9 Å². The molecule has 2 aliphatic heterocycles. The number of fused-ring (bicyclic) bond motifs is 1. The van der Waals surface area contributed by atoms with Crippen LogP contribution in [-0.2, 0) is 27.5 Å². The Morgan fingerprint density at radius 2 is 1.53 bits per heavy atom. The fraction of sp³-hybridized carbons (Fsp3) is 0.500. The number of likely N-dealkylation sites (tertiary alicyclic amines) is 2. The molecule has 0 aliphatic carbocycles. The molecule has 4 rings (SSSR count). The smallest absolute Gasteiger partial charge is 0.475 e. The molecule has 0 spiro atoms. The number of nitrogens with zero attached hydrogens (tertiary/aromatic N) is 4. The zero-order valence-electron chi connectivity index (χ0n) is 20.1. The topological polar surface area (TPSA) is 124 Å². The number of aliphatic carboxylic acids is 2. The van der Waals surface area contributed by atoms with Crippen LogP contribution in [0.3, 0.4) is 0 Å². The maximum Gasteiger partial charge on any atom is 0.490 e. The molecule has 2 aromatic heterocycles. The van der Waals surface area contributed by atoms with Crippen molar-refractivity contribution in [1.29, 1.82) is 0 Å². The predicted octanol–water partition coefficient (Wildman–Crippen LogP) is 3.51. The van der Waals surface area contributed by atoms with Gasteiger partial charge in [0.15, 0.2) is 0 Å². The Hall–Kier alpha value is -3.27. The summed E-state index contributed by atoms with van der Waals surface area (Å²) in [5.74, 6) is -4.62. The predicted molar refractivity (Wildman–Crippen MR) is 121 cm³/mol. The monoisotopic (exact) mass is 570 g/mol. The van der Waals surface area contributed by atoms with Crippen LogP contribution in [0.2, 0.25) is 0 Å². The van der Waals surface area contributed by atoms with E-state index in [2.05, 4.69) is 32.4 Å². The van der Waals surface area contributed by atoms with Crippen LogP contribution < -0.4 is 0 Å². The van der Waals surface area contributed by atoms with E-state index in [1.54, 1.807) is 11.3 Å². The van der Waals surface area contributed by atoms with E-state index in [1.165, 1.54) is 0 Å². The Kier molecular flexibility index (Phi) is 10.2. The van der Waals surface area contributed by atoms with E-state index in [0.29, 0.717) is 18.4 Å². The van der Waals surface area contributed by atoms with E-state index in [9.17, 15) is 31.1 Å². The Labute approximate surface area is 216 Å². The van der Waals surface area contributed by atoms with E-state index in [0.717, 1.165) is 48.3 Å². The number of pyridine rings is 1. The van der Waals surface area contributed by atoms with Crippen LogP contribution in [0.5, 0.6) is 0 Å². The van der Waals surface area contributed by atoms with Gasteiger partial charge in [-0.05, 0) is 26.0 Å². The second-order valence-corrected chi connectivity index (χ2v) is 9.58. The molecule has 38 heavy (non-hydrogen) atoms. The second-order valence-electron chi connectivity index (χ2n) is 8.51. The van der Waals surface area contributed by atoms with E-state index in [4.69, 9.17) is 19.8 Å². The highest BCUT2D eigenvalue weighted by atomic mass is 32.1. The molecule has 2 atom stereocenters. The van der Waals surface area contributed by atoms with Gasteiger partial charge in [-0.15, -0.1) is 11.3 Å². The first kappa shape index (κ1) is 31.0. The van der Waals surface area contributed by atoms with Crippen LogP contribution in [0.15, 0.2) is 23.6 Å². The molecule has 0 radical (unpaired) electrons. The van der Waals surface area contributed by atoms with Crippen molar-refractivity contribution >= 4 is 29.2 Å². The third-order valence-electron chi connectivity index (χ3n) is 5.44. The summed E-state index contributed by atoms with van der Waals surface area (Å²) in [5.41, 5.74) is 3.16.